The third kappa shape index (κ3) is 5.91. The largest absolute Gasteiger partial charge is 0.356 e. The molecule has 25 heavy (non-hydrogen) atoms. The van der Waals surface area contributed by atoms with Crippen molar-refractivity contribution < 1.29 is 17.6 Å². The quantitative estimate of drug-likeness (QED) is 0.678. The molecule has 5 nitrogen and oxygen atoms in total. The lowest BCUT2D eigenvalue weighted by Gasteiger charge is -2.09. The molecule has 0 unspecified atom stereocenters. The summed E-state index contributed by atoms with van der Waals surface area (Å²) in [5.41, 5.74) is 0.525. The van der Waals surface area contributed by atoms with Crippen LogP contribution in [0.1, 0.15) is 12.0 Å². The Hall–Kier alpha value is -1.77. The van der Waals surface area contributed by atoms with E-state index >= 15 is 0 Å². The van der Waals surface area contributed by atoms with E-state index in [0.29, 0.717) is 16.5 Å². The lowest BCUT2D eigenvalue weighted by molar-refractivity contribution is -0.120. The highest BCUT2D eigenvalue weighted by Gasteiger charge is 2.16. The Kier molecular flexibility index (Phi) is 7.10. The van der Waals surface area contributed by atoms with Crippen molar-refractivity contribution >= 4 is 31.9 Å². The molecule has 0 saturated heterocycles. The number of halogens is 2. The van der Waals surface area contributed by atoms with Gasteiger partial charge in [0, 0.05) is 24.0 Å². The second-order valence-electron chi connectivity index (χ2n) is 5.27. The van der Waals surface area contributed by atoms with Crippen LogP contribution in [0.4, 0.5) is 4.39 Å². The van der Waals surface area contributed by atoms with E-state index in [1.807, 2.05) is 0 Å². The number of nitrogens with one attached hydrogen (secondary N) is 2. The molecule has 0 spiro atoms. The van der Waals surface area contributed by atoms with Gasteiger partial charge in [0.05, 0.1) is 4.90 Å². The highest BCUT2D eigenvalue weighted by Crippen LogP contribution is 2.20. The van der Waals surface area contributed by atoms with Crippen molar-refractivity contribution in [1.29, 1.82) is 0 Å². The number of rotatable bonds is 8. The molecule has 1 amide bonds. The minimum atomic E-state index is -3.68. The molecule has 2 N–H and O–H groups in total. The molecule has 0 heterocycles. The average Bonchev–Trinajstić information content (AvgIpc) is 2.56. The minimum absolute atomic E-state index is 0.000947. The lowest BCUT2D eigenvalue weighted by atomic mass is 10.1. The summed E-state index contributed by atoms with van der Waals surface area (Å²) in [6.07, 6.45) is 0.377. The fourth-order valence-corrected chi connectivity index (χ4v) is 4.20. The molecule has 0 aliphatic rings. The number of sulfonamides is 1. The van der Waals surface area contributed by atoms with Gasteiger partial charge in [0.1, 0.15) is 5.82 Å². The van der Waals surface area contributed by atoms with Crippen LogP contribution in [0.15, 0.2) is 57.9 Å². The summed E-state index contributed by atoms with van der Waals surface area (Å²) < 4.78 is 40.6. The van der Waals surface area contributed by atoms with E-state index in [4.69, 9.17) is 0 Å². The highest BCUT2D eigenvalue weighted by atomic mass is 79.9. The number of carbonyl (C=O) groups is 1. The Bertz CT molecular complexity index is 843. The predicted molar refractivity (Wildman–Crippen MR) is 97.1 cm³/mol. The van der Waals surface area contributed by atoms with E-state index in [1.165, 1.54) is 12.1 Å². The van der Waals surface area contributed by atoms with Crippen LogP contribution in [0.3, 0.4) is 0 Å². The van der Waals surface area contributed by atoms with Crippen molar-refractivity contribution in [1.82, 2.24) is 10.0 Å². The van der Waals surface area contributed by atoms with E-state index < -0.39 is 10.0 Å². The first-order valence-corrected chi connectivity index (χ1v) is 9.92. The Morgan fingerprint density at radius 2 is 1.72 bits per heavy atom. The molecule has 2 rings (SSSR count). The van der Waals surface area contributed by atoms with Gasteiger partial charge < -0.3 is 5.32 Å². The number of benzene rings is 2. The zero-order valence-electron chi connectivity index (χ0n) is 13.3. The Balaban J connectivity index is 1.75. The van der Waals surface area contributed by atoms with Gasteiger partial charge in [0.15, 0.2) is 0 Å². The molecule has 0 saturated carbocycles. The van der Waals surface area contributed by atoms with Crippen LogP contribution in [-0.4, -0.2) is 27.4 Å². The van der Waals surface area contributed by atoms with Crippen molar-refractivity contribution in [3.63, 3.8) is 0 Å². The van der Waals surface area contributed by atoms with Crippen molar-refractivity contribution in [2.75, 3.05) is 13.1 Å². The number of amides is 1. The molecule has 134 valence electrons. The van der Waals surface area contributed by atoms with Crippen LogP contribution in [0.25, 0.3) is 0 Å². The smallest absolute Gasteiger partial charge is 0.241 e. The standard InChI is InChI=1S/C17H18BrFN2O3S/c18-14-6-2-4-8-16(14)25(23,24)21-12-10-17(22)20-11-9-13-5-1-3-7-15(13)19/h1-8,21H,9-12H2,(H,20,22). The molecule has 8 heteroatoms. The van der Waals surface area contributed by atoms with Crippen molar-refractivity contribution in [3.05, 3.63) is 64.4 Å². The first kappa shape index (κ1) is 19.6. The van der Waals surface area contributed by atoms with Crippen LogP contribution < -0.4 is 10.0 Å². The molecule has 2 aromatic carbocycles. The zero-order valence-corrected chi connectivity index (χ0v) is 15.7. The maximum absolute atomic E-state index is 13.4. The van der Waals surface area contributed by atoms with Crippen molar-refractivity contribution in [2.45, 2.75) is 17.7 Å². The van der Waals surface area contributed by atoms with E-state index in [1.54, 1.807) is 36.4 Å². The molecular formula is C17H18BrFN2O3S. The Morgan fingerprint density at radius 1 is 1.04 bits per heavy atom. The minimum Gasteiger partial charge on any atom is -0.356 e. The van der Waals surface area contributed by atoms with Gasteiger partial charge in [-0.05, 0) is 46.1 Å². The SMILES string of the molecule is O=C(CCNS(=O)(=O)c1ccccc1Br)NCCc1ccccc1F. The van der Waals surface area contributed by atoms with E-state index in [2.05, 4.69) is 26.0 Å². The summed E-state index contributed by atoms with van der Waals surface area (Å²) in [6.45, 7) is 0.270. The predicted octanol–water partition coefficient (Wildman–Crippen LogP) is 2.62. The van der Waals surface area contributed by atoms with Gasteiger partial charge in [-0.25, -0.2) is 17.5 Å². The Morgan fingerprint density at radius 3 is 2.44 bits per heavy atom. The Labute approximate surface area is 154 Å². The zero-order chi connectivity index (χ0) is 18.3. The molecule has 0 aliphatic heterocycles. The van der Waals surface area contributed by atoms with Gasteiger partial charge in [-0.3, -0.25) is 4.79 Å². The van der Waals surface area contributed by atoms with E-state index in [0.717, 1.165) is 0 Å². The van der Waals surface area contributed by atoms with Gasteiger partial charge >= 0.3 is 0 Å². The molecule has 0 atom stereocenters. The van der Waals surface area contributed by atoms with Crippen LogP contribution in [0, 0.1) is 5.82 Å². The van der Waals surface area contributed by atoms with Gasteiger partial charge in [0.2, 0.25) is 15.9 Å². The lowest BCUT2D eigenvalue weighted by Crippen LogP contribution is -2.31. The molecule has 0 aromatic heterocycles. The third-order valence-corrected chi connectivity index (χ3v) is 5.92. The van der Waals surface area contributed by atoms with Crippen molar-refractivity contribution in [2.24, 2.45) is 0 Å². The normalized spacial score (nSPS) is 11.3. The average molecular weight is 429 g/mol. The molecular weight excluding hydrogens is 411 g/mol. The molecule has 0 bridgehead atoms. The van der Waals surface area contributed by atoms with Gasteiger partial charge in [0.25, 0.3) is 0 Å². The fourth-order valence-electron chi connectivity index (χ4n) is 2.17. The maximum atomic E-state index is 13.4. The van der Waals surface area contributed by atoms with Crippen LogP contribution in [-0.2, 0) is 21.2 Å². The topological polar surface area (TPSA) is 75.3 Å². The van der Waals surface area contributed by atoms with Gasteiger partial charge in [-0.2, -0.15) is 0 Å². The molecule has 2 aromatic rings. The first-order valence-electron chi connectivity index (χ1n) is 7.64. The maximum Gasteiger partial charge on any atom is 0.241 e. The van der Waals surface area contributed by atoms with Crippen LogP contribution >= 0.6 is 15.9 Å². The monoisotopic (exact) mass is 428 g/mol. The second kappa shape index (κ2) is 9.07. The summed E-state index contributed by atoms with van der Waals surface area (Å²) >= 11 is 3.19. The summed E-state index contributed by atoms with van der Waals surface area (Å²) in [4.78, 5) is 11.9. The third-order valence-electron chi connectivity index (χ3n) is 3.44. The van der Waals surface area contributed by atoms with Crippen LogP contribution in [0.5, 0.6) is 0 Å². The van der Waals surface area contributed by atoms with Gasteiger partial charge in [-0.15, -0.1) is 0 Å². The number of hydrogen-bond donors (Lipinski definition) is 2. The number of carbonyl (C=O) groups excluding carboxylic acids is 1. The summed E-state index contributed by atoms with van der Waals surface area (Å²) in [7, 11) is -3.68. The highest BCUT2D eigenvalue weighted by molar-refractivity contribution is 9.10. The van der Waals surface area contributed by atoms with E-state index in [-0.39, 0.29) is 36.1 Å². The van der Waals surface area contributed by atoms with E-state index in [9.17, 15) is 17.6 Å². The fraction of sp³-hybridized carbons (Fsp3) is 0.235. The van der Waals surface area contributed by atoms with Crippen molar-refractivity contribution in [3.8, 4) is 0 Å². The summed E-state index contributed by atoms with van der Waals surface area (Å²) in [6, 6.07) is 12.8. The molecule has 0 radical (unpaired) electrons. The second-order valence-corrected chi connectivity index (χ2v) is 7.86. The molecule has 0 aliphatic carbocycles. The number of hydrogen-bond acceptors (Lipinski definition) is 3. The van der Waals surface area contributed by atoms with Crippen LogP contribution in [0.2, 0.25) is 0 Å². The summed E-state index contributed by atoms with van der Waals surface area (Å²) in [5.74, 6) is -0.607. The van der Waals surface area contributed by atoms with Gasteiger partial charge in [-0.1, -0.05) is 30.3 Å². The summed E-state index contributed by atoms with van der Waals surface area (Å²) in [5, 5.41) is 2.65. The molecule has 0 fully saturated rings. The first-order chi connectivity index (χ1) is 11.9.